The molecular weight excluding hydrogens is 259 g/mol. The van der Waals surface area contributed by atoms with E-state index < -0.39 is 5.82 Å². The zero-order valence-corrected chi connectivity index (χ0v) is 11.8. The molecule has 0 spiro atoms. The van der Waals surface area contributed by atoms with Crippen molar-refractivity contribution in [3.63, 3.8) is 0 Å². The zero-order chi connectivity index (χ0) is 14.0. The van der Waals surface area contributed by atoms with Gasteiger partial charge in [-0.2, -0.15) is 0 Å². The van der Waals surface area contributed by atoms with Crippen molar-refractivity contribution in [2.75, 3.05) is 33.4 Å². The molecule has 2 aliphatic heterocycles. The predicted octanol–water partition coefficient (Wildman–Crippen LogP) is 2.10. The molecule has 2 saturated heterocycles. The van der Waals surface area contributed by atoms with Crippen LogP contribution in [0.25, 0.3) is 0 Å². The highest BCUT2D eigenvalue weighted by molar-refractivity contribution is 5.13. The van der Waals surface area contributed by atoms with Crippen LogP contribution in [0, 0.1) is 11.2 Å². The van der Waals surface area contributed by atoms with Gasteiger partial charge in [0, 0.05) is 31.3 Å². The van der Waals surface area contributed by atoms with Crippen LogP contribution in [0.5, 0.6) is 5.88 Å². The van der Waals surface area contributed by atoms with Gasteiger partial charge in [0.05, 0.1) is 12.7 Å². The maximum Gasteiger partial charge on any atom is 0.250 e. The molecule has 2 fully saturated rings. The summed E-state index contributed by atoms with van der Waals surface area (Å²) in [5.41, 5.74) is -0.0325. The van der Waals surface area contributed by atoms with Gasteiger partial charge in [0.25, 0.3) is 0 Å². The Labute approximate surface area is 118 Å². The van der Waals surface area contributed by atoms with E-state index in [2.05, 4.69) is 16.9 Å². The molecule has 3 rings (SSSR count). The molecule has 1 aromatic heterocycles. The summed E-state index contributed by atoms with van der Waals surface area (Å²) < 4.78 is 25.2. The van der Waals surface area contributed by atoms with Crippen molar-refractivity contribution in [2.24, 2.45) is 5.41 Å². The van der Waals surface area contributed by atoms with Gasteiger partial charge in [-0.05, 0) is 38.4 Å². The summed E-state index contributed by atoms with van der Waals surface area (Å²) in [5, 5.41) is 0. The second kappa shape index (κ2) is 5.66. The van der Waals surface area contributed by atoms with E-state index in [4.69, 9.17) is 9.47 Å². The minimum Gasteiger partial charge on any atom is -0.475 e. The van der Waals surface area contributed by atoms with Crippen LogP contribution in [0.3, 0.4) is 0 Å². The van der Waals surface area contributed by atoms with Crippen LogP contribution in [0.2, 0.25) is 0 Å². The molecule has 5 heteroatoms. The van der Waals surface area contributed by atoms with Crippen LogP contribution in [-0.2, 0) is 4.74 Å². The van der Waals surface area contributed by atoms with Crippen LogP contribution in [-0.4, -0.2) is 49.3 Å². The lowest BCUT2D eigenvalue weighted by molar-refractivity contribution is -0.136. The van der Waals surface area contributed by atoms with E-state index in [0.29, 0.717) is 6.61 Å². The first-order valence-electron chi connectivity index (χ1n) is 7.23. The number of halogens is 1. The summed E-state index contributed by atoms with van der Waals surface area (Å²) in [6.07, 6.45) is 4.90. The third-order valence-electron chi connectivity index (χ3n) is 4.40. The Morgan fingerprint density at radius 3 is 3.35 bits per heavy atom. The van der Waals surface area contributed by atoms with Crippen LogP contribution in [0.4, 0.5) is 4.39 Å². The first-order chi connectivity index (χ1) is 9.70. The molecule has 4 nitrogen and oxygen atoms in total. The third kappa shape index (κ3) is 2.65. The Morgan fingerprint density at radius 2 is 2.50 bits per heavy atom. The number of pyridine rings is 1. The maximum atomic E-state index is 13.6. The fourth-order valence-corrected chi connectivity index (χ4v) is 3.41. The van der Waals surface area contributed by atoms with Gasteiger partial charge in [0.1, 0.15) is 0 Å². The highest BCUT2D eigenvalue weighted by Gasteiger charge is 2.46. The van der Waals surface area contributed by atoms with Gasteiger partial charge in [-0.3, -0.25) is 0 Å². The quantitative estimate of drug-likeness (QED) is 0.849. The maximum absolute atomic E-state index is 13.6. The Hall–Kier alpha value is -1.20. The van der Waals surface area contributed by atoms with Gasteiger partial charge >= 0.3 is 0 Å². The second-order valence-corrected chi connectivity index (χ2v) is 5.93. The lowest BCUT2D eigenvalue weighted by atomic mass is 9.73. The molecular formula is C15H21FN2O2. The lowest BCUT2D eigenvalue weighted by Gasteiger charge is -2.49. The molecule has 0 N–H and O–H groups in total. The first-order valence-corrected chi connectivity index (χ1v) is 7.23. The summed E-state index contributed by atoms with van der Waals surface area (Å²) in [6, 6.07) is 2.95. The third-order valence-corrected chi connectivity index (χ3v) is 4.40. The van der Waals surface area contributed by atoms with E-state index in [0.717, 1.165) is 39.0 Å². The van der Waals surface area contributed by atoms with Crippen molar-refractivity contribution in [3.05, 3.63) is 24.1 Å². The van der Waals surface area contributed by atoms with Gasteiger partial charge in [-0.1, -0.05) is 0 Å². The van der Waals surface area contributed by atoms with Gasteiger partial charge in [-0.25, -0.2) is 9.37 Å². The number of rotatable bonds is 3. The molecule has 0 aromatic carbocycles. The van der Waals surface area contributed by atoms with E-state index >= 15 is 0 Å². The number of fused-ring (bicyclic) bond motifs is 1. The Bertz CT molecular complexity index is 471. The van der Waals surface area contributed by atoms with Crippen LogP contribution >= 0.6 is 0 Å². The average molecular weight is 280 g/mol. The van der Waals surface area contributed by atoms with Gasteiger partial charge in [0.2, 0.25) is 5.88 Å². The molecule has 2 atom stereocenters. The predicted molar refractivity (Wildman–Crippen MR) is 73.2 cm³/mol. The normalized spacial score (nSPS) is 30.8. The number of piperidine rings is 1. The Kier molecular flexibility index (Phi) is 3.89. The Balaban J connectivity index is 1.74. The molecule has 110 valence electrons. The molecule has 0 bridgehead atoms. The number of aromatic nitrogens is 1. The smallest absolute Gasteiger partial charge is 0.250 e. The lowest BCUT2D eigenvalue weighted by Crippen LogP contribution is -2.56. The Morgan fingerprint density at radius 1 is 1.60 bits per heavy atom. The summed E-state index contributed by atoms with van der Waals surface area (Å²) in [5.74, 6) is -0.305. The molecule has 0 amide bonds. The molecule has 0 unspecified atom stereocenters. The van der Waals surface area contributed by atoms with Crippen LogP contribution in [0.1, 0.15) is 19.3 Å². The van der Waals surface area contributed by atoms with Crippen molar-refractivity contribution >= 4 is 0 Å². The summed E-state index contributed by atoms with van der Waals surface area (Å²) >= 11 is 0. The van der Waals surface area contributed by atoms with E-state index in [9.17, 15) is 4.39 Å². The highest BCUT2D eigenvalue weighted by atomic mass is 19.1. The van der Waals surface area contributed by atoms with Crippen molar-refractivity contribution in [3.8, 4) is 5.88 Å². The highest BCUT2D eigenvalue weighted by Crippen LogP contribution is 2.40. The standard InChI is InChI=1S/C15H21FN2O2/c1-18-8-5-13-15(10-18,6-3-9-19-13)11-20-14-12(16)4-2-7-17-14/h2,4,7,13H,3,5-6,8-11H2,1H3/t13-,15-/m1/s1. The van der Waals surface area contributed by atoms with Gasteiger partial charge < -0.3 is 14.4 Å². The summed E-state index contributed by atoms with van der Waals surface area (Å²) in [6.45, 7) is 3.28. The number of hydrogen-bond acceptors (Lipinski definition) is 4. The summed E-state index contributed by atoms with van der Waals surface area (Å²) in [7, 11) is 2.12. The van der Waals surface area contributed by atoms with Crippen LogP contribution in [0.15, 0.2) is 18.3 Å². The van der Waals surface area contributed by atoms with E-state index in [1.54, 1.807) is 12.3 Å². The first kappa shape index (κ1) is 13.8. The van der Waals surface area contributed by atoms with Gasteiger partial charge in [-0.15, -0.1) is 0 Å². The number of nitrogens with zero attached hydrogens (tertiary/aromatic N) is 2. The topological polar surface area (TPSA) is 34.6 Å². The molecule has 20 heavy (non-hydrogen) atoms. The minimum absolute atomic E-state index is 0.0325. The van der Waals surface area contributed by atoms with Crippen molar-refractivity contribution < 1.29 is 13.9 Å². The number of hydrogen-bond donors (Lipinski definition) is 0. The molecule has 2 aliphatic rings. The molecule has 1 aromatic rings. The monoisotopic (exact) mass is 280 g/mol. The fourth-order valence-electron chi connectivity index (χ4n) is 3.41. The summed E-state index contributed by atoms with van der Waals surface area (Å²) in [4.78, 5) is 6.27. The number of ether oxygens (including phenoxy) is 2. The number of likely N-dealkylation sites (tertiary alicyclic amines) is 1. The van der Waals surface area contributed by atoms with E-state index in [-0.39, 0.29) is 17.4 Å². The van der Waals surface area contributed by atoms with Crippen molar-refractivity contribution in [1.29, 1.82) is 0 Å². The SMILES string of the molecule is CN1CC[C@H]2OCCC[C@]2(COc2ncccc2F)C1. The fraction of sp³-hybridized carbons (Fsp3) is 0.667. The van der Waals surface area contributed by atoms with E-state index in [1.165, 1.54) is 6.07 Å². The minimum atomic E-state index is -0.402. The van der Waals surface area contributed by atoms with Crippen molar-refractivity contribution in [1.82, 2.24) is 9.88 Å². The molecule has 0 radical (unpaired) electrons. The molecule has 0 saturated carbocycles. The van der Waals surface area contributed by atoms with Gasteiger partial charge in [0.15, 0.2) is 5.82 Å². The largest absolute Gasteiger partial charge is 0.475 e. The molecule has 0 aliphatic carbocycles. The van der Waals surface area contributed by atoms with Crippen molar-refractivity contribution in [2.45, 2.75) is 25.4 Å². The van der Waals surface area contributed by atoms with Crippen LogP contribution < -0.4 is 4.74 Å². The average Bonchev–Trinajstić information content (AvgIpc) is 2.46. The van der Waals surface area contributed by atoms with E-state index in [1.807, 2.05) is 0 Å². The zero-order valence-electron chi connectivity index (χ0n) is 11.8. The second-order valence-electron chi connectivity index (χ2n) is 5.93. The molecule has 3 heterocycles.